The lowest BCUT2D eigenvalue weighted by Crippen LogP contribution is -2.48. The highest BCUT2D eigenvalue weighted by molar-refractivity contribution is 5.93. The summed E-state index contributed by atoms with van der Waals surface area (Å²) in [5, 5.41) is 6.87. The van der Waals surface area contributed by atoms with Gasteiger partial charge in [0.1, 0.15) is 0 Å². The molecule has 0 spiro atoms. The topological polar surface area (TPSA) is 60.0 Å². The maximum Gasteiger partial charge on any atom is 0.253 e. The molecule has 0 aliphatic carbocycles. The van der Waals surface area contributed by atoms with Crippen molar-refractivity contribution in [3.63, 3.8) is 0 Å². The van der Waals surface area contributed by atoms with Gasteiger partial charge < -0.3 is 15.5 Å². The number of guanidine groups is 1. The van der Waals surface area contributed by atoms with Gasteiger partial charge in [-0.2, -0.15) is 0 Å². The number of carbonyl (C=O) groups excluding carboxylic acids is 1. The van der Waals surface area contributed by atoms with E-state index in [0.29, 0.717) is 24.1 Å². The fourth-order valence-electron chi connectivity index (χ4n) is 3.58. The average molecular weight is 388 g/mol. The van der Waals surface area contributed by atoms with E-state index >= 15 is 0 Å². The molecule has 156 valence electrons. The number of amides is 1. The minimum Gasteiger partial charge on any atom is -0.357 e. The van der Waals surface area contributed by atoms with E-state index in [2.05, 4.69) is 36.3 Å². The molecule has 2 N–H and O–H groups in total. The zero-order chi connectivity index (χ0) is 20.5. The van der Waals surface area contributed by atoms with Gasteiger partial charge in [0.15, 0.2) is 5.96 Å². The molecule has 1 amide bonds. The van der Waals surface area contributed by atoms with Gasteiger partial charge in [0.25, 0.3) is 5.91 Å². The molecule has 28 heavy (non-hydrogen) atoms. The van der Waals surface area contributed by atoms with E-state index in [9.17, 15) is 4.79 Å². The molecule has 0 radical (unpaired) electrons. The molecule has 1 aliphatic rings. The Labute approximate surface area is 170 Å². The number of rotatable bonds is 8. The summed E-state index contributed by atoms with van der Waals surface area (Å²) in [7, 11) is 3.53. The Morgan fingerprint density at radius 1 is 1.14 bits per heavy atom. The molecule has 1 aromatic rings. The van der Waals surface area contributed by atoms with Gasteiger partial charge in [-0.25, -0.2) is 4.99 Å². The Morgan fingerprint density at radius 3 is 2.32 bits per heavy atom. The largest absolute Gasteiger partial charge is 0.357 e. The molecule has 1 aliphatic heterocycles. The van der Waals surface area contributed by atoms with Gasteiger partial charge in [-0.3, -0.25) is 9.69 Å². The predicted molar refractivity (Wildman–Crippen MR) is 117 cm³/mol. The number of nitrogens with zero attached hydrogens (tertiary/aromatic N) is 3. The summed E-state index contributed by atoms with van der Waals surface area (Å²) >= 11 is 0. The first-order chi connectivity index (χ1) is 13.4. The summed E-state index contributed by atoms with van der Waals surface area (Å²) in [6.45, 7) is 11.4. The highest BCUT2D eigenvalue weighted by Crippen LogP contribution is 2.17. The van der Waals surface area contributed by atoms with Crippen LogP contribution >= 0.6 is 0 Å². The third-order valence-corrected chi connectivity index (χ3v) is 5.23. The minimum atomic E-state index is 0.0201. The van der Waals surface area contributed by atoms with Crippen molar-refractivity contribution in [2.24, 2.45) is 10.9 Å². The van der Waals surface area contributed by atoms with E-state index in [1.165, 1.54) is 25.9 Å². The number of benzene rings is 1. The van der Waals surface area contributed by atoms with Crippen LogP contribution in [0.5, 0.6) is 0 Å². The lowest BCUT2D eigenvalue weighted by molar-refractivity contribution is 0.0827. The van der Waals surface area contributed by atoms with Crippen molar-refractivity contribution in [2.45, 2.75) is 46.2 Å². The molecule has 6 nitrogen and oxygen atoms in total. The molecule has 0 aromatic heterocycles. The molecule has 0 saturated carbocycles. The van der Waals surface area contributed by atoms with E-state index in [1.807, 2.05) is 24.3 Å². The quantitative estimate of drug-likeness (QED) is 0.532. The van der Waals surface area contributed by atoms with Crippen molar-refractivity contribution in [1.82, 2.24) is 20.4 Å². The Hall–Kier alpha value is -2.08. The molecule has 6 heteroatoms. The first-order valence-corrected chi connectivity index (χ1v) is 10.5. The summed E-state index contributed by atoms with van der Waals surface area (Å²) in [6, 6.07) is 8.23. The molecule has 1 atom stereocenters. The second-order valence-corrected chi connectivity index (χ2v) is 8.03. The summed E-state index contributed by atoms with van der Waals surface area (Å²) in [5.41, 5.74) is 1.79. The monoisotopic (exact) mass is 387 g/mol. The standard InChI is InChI=1S/C22H37N5O/c1-6-23-22(25-16-20(17(2)3)27-13-7-8-14-27)24-15-18-9-11-19(12-10-18)21(28)26(4)5/h9-12,17,20H,6-8,13-16H2,1-5H3,(H2,23,24,25). The molecule has 1 fully saturated rings. The lowest BCUT2D eigenvalue weighted by atomic mass is 10.0. The first kappa shape index (κ1) is 22.2. The van der Waals surface area contributed by atoms with Crippen LogP contribution < -0.4 is 10.6 Å². The van der Waals surface area contributed by atoms with Crippen molar-refractivity contribution in [1.29, 1.82) is 0 Å². The van der Waals surface area contributed by atoms with Crippen molar-refractivity contribution >= 4 is 11.9 Å². The third kappa shape index (κ3) is 6.51. The van der Waals surface area contributed by atoms with Crippen molar-refractivity contribution in [3.05, 3.63) is 35.4 Å². The van der Waals surface area contributed by atoms with E-state index in [-0.39, 0.29) is 5.91 Å². The fraction of sp³-hybridized carbons (Fsp3) is 0.636. The van der Waals surface area contributed by atoms with Gasteiger partial charge in [0.05, 0.1) is 6.54 Å². The van der Waals surface area contributed by atoms with Gasteiger partial charge >= 0.3 is 0 Å². The maximum absolute atomic E-state index is 12.0. The Kier molecular flexibility index (Phi) is 8.77. The van der Waals surface area contributed by atoms with Crippen LogP contribution in [0.1, 0.15) is 49.5 Å². The molecular weight excluding hydrogens is 350 g/mol. The number of aliphatic imine (C=N–C) groups is 1. The van der Waals surface area contributed by atoms with Gasteiger partial charge in [-0.1, -0.05) is 26.0 Å². The second kappa shape index (κ2) is 11.1. The summed E-state index contributed by atoms with van der Waals surface area (Å²) in [4.78, 5) is 20.9. The van der Waals surface area contributed by atoms with Crippen LogP contribution in [0.25, 0.3) is 0 Å². The van der Waals surface area contributed by atoms with Crippen LogP contribution in [0.4, 0.5) is 0 Å². The van der Waals surface area contributed by atoms with Crippen LogP contribution in [0.2, 0.25) is 0 Å². The third-order valence-electron chi connectivity index (χ3n) is 5.23. The molecule has 1 heterocycles. The van der Waals surface area contributed by atoms with Gasteiger partial charge in [-0.15, -0.1) is 0 Å². The van der Waals surface area contributed by atoms with Crippen molar-refractivity contribution in [2.75, 3.05) is 40.3 Å². The van der Waals surface area contributed by atoms with Crippen LogP contribution in [-0.4, -0.2) is 68.0 Å². The number of hydrogen-bond acceptors (Lipinski definition) is 3. The van der Waals surface area contributed by atoms with Crippen LogP contribution in [0, 0.1) is 5.92 Å². The van der Waals surface area contributed by atoms with Crippen LogP contribution in [0.15, 0.2) is 29.3 Å². The highest BCUT2D eigenvalue weighted by Gasteiger charge is 2.24. The Bertz CT molecular complexity index is 633. The van der Waals surface area contributed by atoms with Crippen LogP contribution in [-0.2, 0) is 6.54 Å². The van der Waals surface area contributed by atoms with Gasteiger partial charge in [0, 0.05) is 38.8 Å². The molecule has 1 unspecified atom stereocenters. The molecule has 2 rings (SSSR count). The van der Waals surface area contributed by atoms with Crippen LogP contribution in [0.3, 0.4) is 0 Å². The average Bonchev–Trinajstić information content (AvgIpc) is 3.20. The van der Waals surface area contributed by atoms with E-state index in [4.69, 9.17) is 4.99 Å². The SMILES string of the molecule is CCNC(=NCc1ccc(C(=O)N(C)C)cc1)NCC(C(C)C)N1CCCC1. The molecule has 1 saturated heterocycles. The fourth-order valence-corrected chi connectivity index (χ4v) is 3.58. The summed E-state index contributed by atoms with van der Waals surface area (Å²) in [6.07, 6.45) is 2.62. The zero-order valence-electron chi connectivity index (χ0n) is 18.2. The first-order valence-electron chi connectivity index (χ1n) is 10.5. The maximum atomic E-state index is 12.0. The minimum absolute atomic E-state index is 0.0201. The number of likely N-dealkylation sites (tertiary alicyclic amines) is 1. The van der Waals surface area contributed by atoms with E-state index in [0.717, 1.165) is 24.6 Å². The van der Waals surface area contributed by atoms with Gasteiger partial charge in [0.2, 0.25) is 0 Å². The van der Waals surface area contributed by atoms with E-state index in [1.54, 1.807) is 19.0 Å². The summed E-state index contributed by atoms with van der Waals surface area (Å²) < 4.78 is 0. The second-order valence-electron chi connectivity index (χ2n) is 8.03. The van der Waals surface area contributed by atoms with Crippen molar-refractivity contribution < 1.29 is 4.79 Å². The zero-order valence-corrected chi connectivity index (χ0v) is 18.2. The molecular formula is C22H37N5O. The molecule has 0 bridgehead atoms. The number of nitrogens with one attached hydrogen (secondary N) is 2. The van der Waals surface area contributed by atoms with Crippen molar-refractivity contribution in [3.8, 4) is 0 Å². The smallest absolute Gasteiger partial charge is 0.253 e. The van der Waals surface area contributed by atoms with Gasteiger partial charge in [-0.05, 0) is 56.5 Å². The predicted octanol–water partition coefficient (Wildman–Crippen LogP) is 2.56. The molecule has 1 aromatic carbocycles. The normalized spacial score (nSPS) is 16.3. The highest BCUT2D eigenvalue weighted by atomic mass is 16.2. The number of carbonyl (C=O) groups is 1. The van der Waals surface area contributed by atoms with E-state index < -0.39 is 0 Å². The number of hydrogen-bond donors (Lipinski definition) is 2. The lowest BCUT2D eigenvalue weighted by Gasteiger charge is -2.31. The Morgan fingerprint density at radius 2 is 1.79 bits per heavy atom. The summed E-state index contributed by atoms with van der Waals surface area (Å²) in [5.74, 6) is 1.47. The Balaban J connectivity index is 1.96.